The fourth-order valence-corrected chi connectivity index (χ4v) is 2.70. The van der Waals surface area contributed by atoms with E-state index in [0.29, 0.717) is 5.56 Å². The first kappa shape index (κ1) is 20.4. The Balaban J connectivity index is 2.18. The Hall–Kier alpha value is -2.89. The van der Waals surface area contributed by atoms with E-state index in [1.165, 1.54) is 25.3 Å². The summed E-state index contributed by atoms with van der Waals surface area (Å²) >= 11 is 0. The van der Waals surface area contributed by atoms with Crippen molar-refractivity contribution in [3.05, 3.63) is 65.7 Å². The standard InChI is InChI=1S/C21H23F2NO3/c1-14(2)19(15-8-5-4-6-9-15)24-18(25)13-12-16-10-7-11-17(26-3)20(16)27-21(22)23/h4-14,19,21H,1-3H3,(H,24,25)/b13-12+. The molecule has 0 aromatic heterocycles. The topological polar surface area (TPSA) is 47.6 Å². The molecule has 144 valence electrons. The molecule has 2 rings (SSSR count). The Labute approximate surface area is 157 Å². The number of nitrogens with one attached hydrogen (secondary N) is 1. The molecular weight excluding hydrogens is 352 g/mol. The van der Waals surface area contributed by atoms with Gasteiger partial charge in [-0.2, -0.15) is 8.78 Å². The lowest BCUT2D eigenvalue weighted by Gasteiger charge is -2.22. The molecule has 1 atom stereocenters. The molecule has 1 N–H and O–H groups in total. The average Bonchev–Trinajstić information content (AvgIpc) is 2.65. The predicted molar refractivity (Wildman–Crippen MR) is 101 cm³/mol. The second kappa shape index (κ2) is 9.71. The van der Waals surface area contributed by atoms with E-state index in [2.05, 4.69) is 10.1 Å². The molecule has 0 fully saturated rings. The summed E-state index contributed by atoms with van der Waals surface area (Å²) in [6, 6.07) is 14.2. The number of ether oxygens (including phenoxy) is 2. The van der Waals surface area contributed by atoms with Crippen molar-refractivity contribution in [2.24, 2.45) is 5.92 Å². The van der Waals surface area contributed by atoms with Crippen LogP contribution in [0.15, 0.2) is 54.6 Å². The summed E-state index contributed by atoms with van der Waals surface area (Å²) < 4.78 is 35.0. The lowest BCUT2D eigenvalue weighted by atomic mass is 9.96. The van der Waals surface area contributed by atoms with E-state index in [9.17, 15) is 13.6 Å². The molecule has 0 saturated carbocycles. The Kier molecular flexibility index (Phi) is 7.34. The fourth-order valence-electron chi connectivity index (χ4n) is 2.70. The number of rotatable bonds is 8. The van der Waals surface area contributed by atoms with Crippen LogP contribution < -0.4 is 14.8 Å². The number of benzene rings is 2. The van der Waals surface area contributed by atoms with Crippen molar-refractivity contribution in [3.8, 4) is 11.5 Å². The molecule has 0 spiro atoms. The molecule has 1 amide bonds. The highest BCUT2D eigenvalue weighted by Gasteiger charge is 2.17. The zero-order chi connectivity index (χ0) is 19.8. The summed E-state index contributed by atoms with van der Waals surface area (Å²) in [6.45, 7) is 1.03. The lowest BCUT2D eigenvalue weighted by Crippen LogP contribution is -2.30. The molecule has 1 unspecified atom stereocenters. The normalized spacial score (nSPS) is 12.4. The van der Waals surface area contributed by atoms with Gasteiger partial charge in [-0.1, -0.05) is 56.3 Å². The van der Waals surface area contributed by atoms with Crippen LogP contribution in [0.1, 0.15) is 31.0 Å². The molecule has 2 aromatic rings. The van der Waals surface area contributed by atoms with Crippen LogP contribution in [0, 0.1) is 5.92 Å². The number of halogens is 2. The molecule has 0 bridgehead atoms. The first-order chi connectivity index (χ1) is 12.9. The van der Waals surface area contributed by atoms with Crippen molar-refractivity contribution < 1.29 is 23.0 Å². The molecule has 0 heterocycles. The zero-order valence-corrected chi connectivity index (χ0v) is 15.5. The minimum atomic E-state index is -2.99. The van der Waals surface area contributed by atoms with Crippen molar-refractivity contribution in [2.45, 2.75) is 26.5 Å². The van der Waals surface area contributed by atoms with Crippen LogP contribution in [-0.4, -0.2) is 19.6 Å². The molecule has 0 aliphatic carbocycles. The third-order valence-corrected chi connectivity index (χ3v) is 3.97. The van der Waals surface area contributed by atoms with Crippen LogP contribution in [0.3, 0.4) is 0 Å². The van der Waals surface area contributed by atoms with Gasteiger partial charge < -0.3 is 14.8 Å². The number of para-hydroxylation sites is 1. The molecular formula is C21H23F2NO3. The summed E-state index contributed by atoms with van der Waals surface area (Å²) in [6.07, 6.45) is 2.73. The van der Waals surface area contributed by atoms with Gasteiger partial charge in [0.15, 0.2) is 11.5 Å². The highest BCUT2D eigenvalue weighted by molar-refractivity contribution is 5.92. The van der Waals surface area contributed by atoms with E-state index in [4.69, 9.17) is 4.74 Å². The van der Waals surface area contributed by atoms with Crippen LogP contribution in [0.5, 0.6) is 11.5 Å². The van der Waals surface area contributed by atoms with Crippen LogP contribution in [-0.2, 0) is 4.79 Å². The first-order valence-corrected chi connectivity index (χ1v) is 8.57. The van der Waals surface area contributed by atoms with Crippen LogP contribution >= 0.6 is 0 Å². The maximum absolute atomic E-state index is 12.7. The Morgan fingerprint density at radius 1 is 1.07 bits per heavy atom. The third-order valence-electron chi connectivity index (χ3n) is 3.97. The maximum atomic E-state index is 12.7. The van der Waals surface area contributed by atoms with E-state index >= 15 is 0 Å². The SMILES string of the molecule is COc1cccc(/C=C/C(=O)NC(c2ccccc2)C(C)C)c1OC(F)F. The summed E-state index contributed by atoms with van der Waals surface area (Å²) in [5.74, 6) is -0.0904. The molecule has 4 nitrogen and oxygen atoms in total. The average molecular weight is 375 g/mol. The molecule has 0 aliphatic heterocycles. The van der Waals surface area contributed by atoms with Crippen LogP contribution in [0.2, 0.25) is 0 Å². The number of methoxy groups -OCH3 is 1. The summed E-state index contributed by atoms with van der Waals surface area (Å²) in [4.78, 5) is 12.4. The highest BCUT2D eigenvalue weighted by Crippen LogP contribution is 2.33. The van der Waals surface area contributed by atoms with Crippen molar-refractivity contribution in [2.75, 3.05) is 7.11 Å². The predicted octanol–water partition coefficient (Wildman–Crippen LogP) is 4.82. The maximum Gasteiger partial charge on any atom is 0.387 e. The number of carbonyl (C=O) groups excluding carboxylic acids is 1. The van der Waals surface area contributed by atoms with E-state index in [1.807, 2.05) is 44.2 Å². The van der Waals surface area contributed by atoms with Crippen molar-refractivity contribution in [3.63, 3.8) is 0 Å². The van der Waals surface area contributed by atoms with Gasteiger partial charge in [0.05, 0.1) is 13.2 Å². The number of hydrogen-bond donors (Lipinski definition) is 1. The largest absolute Gasteiger partial charge is 0.493 e. The Bertz CT molecular complexity index is 776. The van der Waals surface area contributed by atoms with E-state index < -0.39 is 6.61 Å². The Morgan fingerprint density at radius 3 is 2.37 bits per heavy atom. The smallest absolute Gasteiger partial charge is 0.387 e. The molecule has 0 saturated heterocycles. The summed E-state index contributed by atoms with van der Waals surface area (Å²) in [5, 5.41) is 2.95. The van der Waals surface area contributed by atoms with Crippen molar-refractivity contribution >= 4 is 12.0 Å². The van der Waals surface area contributed by atoms with Gasteiger partial charge in [0, 0.05) is 11.6 Å². The first-order valence-electron chi connectivity index (χ1n) is 8.57. The number of carbonyl (C=O) groups is 1. The van der Waals surface area contributed by atoms with Crippen molar-refractivity contribution in [1.82, 2.24) is 5.32 Å². The zero-order valence-electron chi connectivity index (χ0n) is 15.5. The highest BCUT2D eigenvalue weighted by atomic mass is 19.3. The van der Waals surface area contributed by atoms with Gasteiger partial charge in [0.1, 0.15) is 0 Å². The van der Waals surface area contributed by atoms with Gasteiger partial charge in [-0.25, -0.2) is 0 Å². The molecule has 2 aromatic carbocycles. The van der Waals surface area contributed by atoms with E-state index in [-0.39, 0.29) is 29.4 Å². The van der Waals surface area contributed by atoms with Gasteiger partial charge in [-0.05, 0) is 23.6 Å². The molecule has 0 radical (unpaired) electrons. The second-order valence-corrected chi connectivity index (χ2v) is 6.23. The van der Waals surface area contributed by atoms with E-state index in [0.717, 1.165) is 5.56 Å². The second-order valence-electron chi connectivity index (χ2n) is 6.23. The quantitative estimate of drug-likeness (QED) is 0.673. The van der Waals surface area contributed by atoms with Gasteiger partial charge >= 0.3 is 6.61 Å². The molecule has 6 heteroatoms. The minimum Gasteiger partial charge on any atom is -0.493 e. The van der Waals surface area contributed by atoms with E-state index in [1.54, 1.807) is 12.1 Å². The fraction of sp³-hybridized carbons (Fsp3) is 0.286. The monoisotopic (exact) mass is 375 g/mol. The van der Waals surface area contributed by atoms with Crippen molar-refractivity contribution in [1.29, 1.82) is 0 Å². The summed E-state index contributed by atoms with van der Waals surface area (Å²) in [7, 11) is 1.36. The summed E-state index contributed by atoms with van der Waals surface area (Å²) in [5.41, 5.74) is 1.32. The van der Waals surface area contributed by atoms with Crippen LogP contribution in [0.4, 0.5) is 8.78 Å². The van der Waals surface area contributed by atoms with Crippen LogP contribution in [0.25, 0.3) is 6.08 Å². The van der Waals surface area contributed by atoms with Gasteiger partial charge in [0.25, 0.3) is 0 Å². The molecule has 27 heavy (non-hydrogen) atoms. The third kappa shape index (κ3) is 5.81. The molecule has 0 aliphatic rings. The number of alkyl halides is 2. The number of hydrogen-bond acceptors (Lipinski definition) is 3. The minimum absolute atomic E-state index is 0.109. The Morgan fingerprint density at radius 2 is 1.78 bits per heavy atom. The van der Waals surface area contributed by atoms with Gasteiger partial charge in [-0.15, -0.1) is 0 Å². The number of amides is 1. The lowest BCUT2D eigenvalue weighted by molar-refractivity contribution is -0.117. The van der Waals surface area contributed by atoms with Gasteiger partial charge in [0.2, 0.25) is 5.91 Å². The van der Waals surface area contributed by atoms with Gasteiger partial charge in [-0.3, -0.25) is 4.79 Å².